The summed E-state index contributed by atoms with van der Waals surface area (Å²) in [6.45, 7) is 4.93. The Morgan fingerprint density at radius 1 is 1.36 bits per heavy atom. The zero-order valence-corrected chi connectivity index (χ0v) is 14.1. The second-order valence-corrected chi connectivity index (χ2v) is 6.78. The van der Waals surface area contributed by atoms with Crippen LogP contribution in [0.25, 0.3) is 0 Å². The number of aryl methyl sites for hydroxylation is 1. The molecule has 0 aliphatic carbocycles. The van der Waals surface area contributed by atoms with E-state index in [-0.39, 0.29) is 12.4 Å². The fraction of sp³-hybridized carbons (Fsp3) is 0.667. The lowest BCUT2D eigenvalue weighted by atomic mass is 9.87. The number of hydrogen-bond donors (Lipinski definition) is 1. The number of rotatable bonds is 6. The number of halogens is 1. The molecule has 0 radical (unpaired) electrons. The summed E-state index contributed by atoms with van der Waals surface area (Å²) in [5.41, 5.74) is 1.90. The molecular weight excluding hydrogens is 279 g/mol. The number of likely N-dealkylation sites (tertiary alicyclic amines) is 1. The van der Waals surface area contributed by atoms with Gasteiger partial charge in [0, 0.05) is 31.3 Å². The van der Waals surface area contributed by atoms with Crippen molar-refractivity contribution >= 4 is 0 Å². The molecule has 2 rings (SSSR count). The third-order valence-electron chi connectivity index (χ3n) is 4.77. The SMILES string of the molecule is Cc1ccc(F)c(CN2CC[C@@H](N(C)C)[C@@H](CCCO)C2)c1. The molecule has 0 amide bonds. The Labute approximate surface area is 133 Å². The molecule has 1 heterocycles. The van der Waals surface area contributed by atoms with E-state index in [4.69, 9.17) is 5.11 Å². The van der Waals surface area contributed by atoms with Crippen molar-refractivity contribution in [1.82, 2.24) is 9.80 Å². The van der Waals surface area contributed by atoms with Crippen LogP contribution in [-0.4, -0.2) is 54.7 Å². The number of nitrogens with zero attached hydrogens (tertiary/aromatic N) is 2. The van der Waals surface area contributed by atoms with Crippen LogP contribution in [0.5, 0.6) is 0 Å². The van der Waals surface area contributed by atoms with Crippen LogP contribution in [0, 0.1) is 18.7 Å². The average Bonchev–Trinajstić information content (AvgIpc) is 2.48. The van der Waals surface area contributed by atoms with Crippen LogP contribution < -0.4 is 0 Å². The monoisotopic (exact) mass is 308 g/mol. The van der Waals surface area contributed by atoms with Crippen LogP contribution in [0.3, 0.4) is 0 Å². The van der Waals surface area contributed by atoms with Crippen LogP contribution >= 0.6 is 0 Å². The van der Waals surface area contributed by atoms with Crippen molar-refractivity contribution in [2.45, 2.75) is 38.8 Å². The van der Waals surface area contributed by atoms with E-state index in [2.05, 4.69) is 23.9 Å². The Bertz CT molecular complexity index is 478. The number of piperidine rings is 1. The summed E-state index contributed by atoms with van der Waals surface area (Å²) < 4.78 is 14.0. The van der Waals surface area contributed by atoms with Crippen LogP contribution in [-0.2, 0) is 6.54 Å². The lowest BCUT2D eigenvalue weighted by Gasteiger charge is -2.41. The molecule has 1 aliphatic heterocycles. The molecule has 1 aliphatic rings. The van der Waals surface area contributed by atoms with Crippen molar-refractivity contribution in [2.24, 2.45) is 5.92 Å². The molecule has 1 aromatic carbocycles. The zero-order valence-electron chi connectivity index (χ0n) is 14.1. The summed E-state index contributed by atoms with van der Waals surface area (Å²) in [6, 6.07) is 5.91. The van der Waals surface area contributed by atoms with Crippen molar-refractivity contribution in [1.29, 1.82) is 0 Å². The Kier molecular flexibility index (Phi) is 6.36. The van der Waals surface area contributed by atoms with Crippen molar-refractivity contribution in [2.75, 3.05) is 33.8 Å². The molecule has 4 heteroatoms. The Balaban J connectivity index is 2.02. The molecule has 1 aromatic rings. The first-order valence-corrected chi connectivity index (χ1v) is 8.26. The summed E-state index contributed by atoms with van der Waals surface area (Å²) in [5, 5.41) is 9.11. The second kappa shape index (κ2) is 8.04. The molecular formula is C18H29FN2O. The number of aliphatic hydroxyl groups is 1. The smallest absolute Gasteiger partial charge is 0.127 e. The van der Waals surface area contributed by atoms with E-state index < -0.39 is 0 Å². The first-order valence-electron chi connectivity index (χ1n) is 8.26. The summed E-state index contributed by atoms with van der Waals surface area (Å²) in [4.78, 5) is 4.66. The summed E-state index contributed by atoms with van der Waals surface area (Å²) in [7, 11) is 4.26. The van der Waals surface area contributed by atoms with Crippen LogP contribution in [0.4, 0.5) is 4.39 Å². The van der Waals surface area contributed by atoms with Crippen molar-refractivity contribution in [3.63, 3.8) is 0 Å². The highest BCUT2D eigenvalue weighted by molar-refractivity contribution is 5.24. The largest absolute Gasteiger partial charge is 0.396 e. The van der Waals surface area contributed by atoms with Gasteiger partial charge in [0.1, 0.15) is 5.82 Å². The van der Waals surface area contributed by atoms with Gasteiger partial charge < -0.3 is 10.0 Å². The highest BCUT2D eigenvalue weighted by atomic mass is 19.1. The Hall–Kier alpha value is -0.970. The first-order chi connectivity index (χ1) is 10.5. The maximum atomic E-state index is 14.0. The molecule has 0 saturated carbocycles. The van der Waals surface area contributed by atoms with E-state index in [1.165, 1.54) is 0 Å². The van der Waals surface area contributed by atoms with Gasteiger partial charge in [0.15, 0.2) is 0 Å². The standard InChI is InChI=1S/C18H29FN2O/c1-14-6-7-17(19)16(11-14)13-21-9-8-18(20(2)3)15(12-21)5-4-10-22/h6-7,11,15,18,22H,4-5,8-10,12-13H2,1-3H3/t15-,18+/m0/s1. The molecule has 0 spiro atoms. The minimum Gasteiger partial charge on any atom is -0.396 e. The predicted molar refractivity (Wildman–Crippen MR) is 88.3 cm³/mol. The first kappa shape index (κ1) is 17.4. The fourth-order valence-electron chi connectivity index (χ4n) is 3.62. The van der Waals surface area contributed by atoms with Gasteiger partial charge in [-0.05, 0) is 58.8 Å². The highest BCUT2D eigenvalue weighted by Crippen LogP contribution is 2.26. The number of benzene rings is 1. The lowest BCUT2D eigenvalue weighted by Crippen LogP contribution is -2.48. The molecule has 124 valence electrons. The van der Waals surface area contributed by atoms with E-state index in [0.29, 0.717) is 18.5 Å². The fourth-order valence-corrected chi connectivity index (χ4v) is 3.62. The van der Waals surface area contributed by atoms with Crippen molar-refractivity contribution in [3.8, 4) is 0 Å². The normalized spacial score (nSPS) is 23.2. The molecule has 0 bridgehead atoms. The predicted octanol–water partition coefficient (Wildman–Crippen LogP) is 2.66. The molecule has 1 saturated heterocycles. The molecule has 22 heavy (non-hydrogen) atoms. The van der Waals surface area contributed by atoms with Gasteiger partial charge in [-0.15, -0.1) is 0 Å². The molecule has 0 unspecified atom stereocenters. The minimum atomic E-state index is -0.104. The number of hydrogen-bond acceptors (Lipinski definition) is 3. The van der Waals surface area contributed by atoms with Gasteiger partial charge in [-0.3, -0.25) is 4.90 Å². The van der Waals surface area contributed by atoms with Gasteiger partial charge in [0.25, 0.3) is 0 Å². The number of aliphatic hydroxyl groups excluding tert-OH is 1. The zero-order chi connectivity index (χ0) is 16.1. The third kappa shape index (κ3) is 4.51. The summed E-state index contributed by atoms with van der Waals surface area (Å²) in [5.74, 6) is 0.441. The van der Waals surface area contributed by atoms with E-state index >= 15 is 0 Å². The molecule has 3 nitrogen and oxygen atoms in total. The minimum absolute atomic E-state index is 0.104. The van der Waals surface area contributed by atoms with Gasteiger partial charge >= 0.3 is 0 Å². The summed E-state index contributed by atoms with van der Waals surface area (Å²) >= 11 is 0. The van der Waals surface area contributed by atoms with Gasteiger partial charge in [-0.2, -0.15) is 0 Å². The van der Waals surface area contributed by atoms with Gasteiger partial charge in [0.2, 0.25) is 0 Å². The van der Waals surface area contributed by atoms with Gasteiger partial charge in [-0.1, -0.05) is 17.7 Å². The quantitative estimate of drug-likeness (QED) is 0.875. The Morgan fingerprint density at radius 3 is 2.82 bits per heavy atom. The molecule has 2 atom stereocenters. The van der Waals surface area contributed by atoms with Gasteiger partial charge in [0.05, 0.1) is 0 Å². The molecule has 1 N–H and O–H groups in total. The van der Waals surface area contributed by atoms with Crippen LogP contribution in [0.15, 0.2) is 18.2 Å². The lowest BCUT2D eigenvalue weighted by molar-refractivity contribution is 0.0711. The maximum absolute atomic E-state index is 14.0. The second-order valence-electron chi connectivity index (χ2n) is 6.78. The highest BCUT2D eigenvalue weighted by Gasteiger charge is 2.30. The van der Waals surface area contributed by atoms with Crippen LogP contribution in [0.2, 0.25) is 0 Å². The van der Waals surface area contributed by atoms with Crippen molar-refractivity contribution < 1.29 is 9.50 Å². The van der Waals surface area contributed by atoms with Crippen LogP contribution in [0.1, 0.15) is 30.4 Å². The van der Waals surface area contributed by atoms with Crippen molar-refractivity contribution in [3.05, 3.63) is 35.1 Å². The average molecular weight is 308 g/mol. The molecule has 0 aromatic heterocycles. The molecule has 1 fully saturated rings. The summed E-state index contributed by atoms with van der Waals surface area (Å²) in [6.07, 6.45) is 2.99. The maximum Gasteiger partial charge on any atom is 0.127 e. The van der Waals surface area contributed by atoms with E-state index in [0.717, 1.165) is 43.5 Å². The van der Waals surface area contributed by atoms with Gasteiger partial charge in [-0.25, -0.2) is 4.39 Å². The van der Waals surface area contributed by atoms with E-state index in [1.807, 2.05) is 19.1 Å². The topological polar surface area (TPSA) is 26.7 Å². The van der Waals surface area contributed by atoms with E-state index in [9.17, 15) is 4.39 Å². The third-order valence-corrected chi connectivity index (χ3v) is 4.77. The van der Waals surface area contributed by atoms with E-state index in [1.54, 1.807) is 6.07 Å². The Morgan fingerprint density at radius 2 is 2.14 bits per heavy atom.